The topological polar surface area (TPSA) is 66.0 Å². The van der Waals surface area contributed by atoms with Gasteiger partial charge < -0.3 is 10.1 Å². The summed E-state index contributed by atoms with van der Waals surface area (Å²) in [4.78, 5) is 17.3. The monoisotopic (exact) mass is 214 g/mol. The minimum absolute atomic E-state index is 0.915. The van der Waals surface area contributed by atoms with E-state index in [1.54, 1.807) is 12.4 Å². The van der Waals surface area contributed by atoms with E-state index < -0.39 is 5.97 Å². The number of H-pyrrole nitrogens is 1. The molecule has 4 heteroatoms. The molecule has 1 aromatic heterocycles. The molecule has 0 aliphatic rings. The van der Waals surface area contributed by atoms with Gasteiger partial charge in [0, 0.05) is 6.08 Å². The van der Waals surface area contributed by atoms with Gasteiger partial charge in [-0.25, -0.2) is 9.78 Å². The van der Waals surface area contributed by atoms with Gasteiger partial charge in [0.2, 0.25) is 0 Å². The Balaban J connectivity index is 2.17. The van der Waals surface area contributed by atoms with E-state index in [1.807, 2.05) is 24.3 Å². The molecule has 4 nitrogen and oxygen atoms in total. The molecule has 80 valence electrons. The predicted octanol–water partition coefficient (Wildman–Crippen LogP) is 2.22. The van der Waals surface area contributed by atoms with E-state index in [2.05, 4.69) is 9.97 Å². The summed E-state index contributed by atoms with van der Waals surface area (Å²) in [7, 11) is 0. The lowest BCUT2D eigenvalue weighted by Crippen LogP contribution is -1.84. The van der Waals surface area contributed by atoms with Crippen molar-refractivity contribution in [3.63, 3.8) is 0 Å². The van der Waals surface area contributed by atoms with Crippen LogP contribution in [-0.2, 0) is 4.79 Å². The highest BCUT2D eigenvalue weighted by atomic mass is 16.4. The molecule has 0 aliphatic heterocycles. The summed E-state index contributed by atoms with van der Waals surface area (Å²) in [6.07, 6.45) is 7.73. The van der Waals surface area contributed by atoms with Crippen molar-refractivity contribution in [2.45, 2.75) is 0 Å². The first-order chi connectivity index (χ1) is 7.75. The summed E-state index contributed by atoms with van der Waals surface area (Å²) < 4.78 is 0. The number of fused-ring (bicyclic) bond motifs is 1. The van der Waals surface area contributed by atoms with Crippen LogP contribution in [0.15, 0.2) is 42.8 Å². The number of carboxylic acids is 1. The van der Waals surface area contributed by atoms with Crippen molar-refractivity contribution in [3.8, 4) is 0 Å². The Kier molecular flexibility index (Phi) is 2.82. The number of benzene rings is 1. The first-order valence-corrected chi connectivity index (χ1v) is 4.76. The number of nitrogens with one attached hydrogen (secondary N) is 1. The van der Waals surface area contributed by atoms with Crippen LogP contribution >= 0.6 is 0 Å². The molecular formula is C12H10N2O2. The van der Waals surface area contributed by atoms with Crippen LogP contribution in [0, 0.1) is 0 Å². The number of nitrogens with zero attached hydrogens (tertiary/aromatic N) is 1. The minimum Gasteiger partial charge on any atom is -0.478 e. The van der Waals surface area contributed by atoms with Crippen molar-refractivity contribution in [3.05, 3.63) is 48.3 Å². The summed E-state index contributed by atoms with van der Waals surface area (Å²) >= 11 is 0. The third kappa shape index (κ3) is 2.36. The Labute approximate surface area is 91.9 Å². The van der Waals surface area contributed by atoms with Crippen molar-refractivity contribution in [2.24, 2.45) is 0 Å². The normalized spacial score (nSPS) is 11.8. The third-order valence-corrected chi connectivity index (χ3v) is 2.08. The number of aliphatic carboxylic acids is 1. The number of hydrogen-bond donors (Lipinski definition) is 2. The molecule has 1 aromatic carbocycles. The van der Waals surface area contributed by atoms with E-state index in [1.165, 1.54) is 6.08 Å². The van der Waals surface area contributed by atoms with E-state index in [0.29, 0.717) is 0 Å². The Morgan fingerprint density at radius 2 is 2.25 bits per heavy atom. The molecule has 0 bridgehead atoms. The van der Waals surface area contributed by atoms with Crippen LogP contribution in [0.5, 0.6) is 0 Å². The fourth-order valence-corrected chi connectivity index (χ4v) is 1.36. The molecular weight excluding hydrogens is 204 g/mol. The Morgan fingerprint density at radius 3 is 3.06 bits per heavy atom. The van der Waals surface area contributed by atoms with Crippen LogP contribution in [0.1, 0.15) is 5.56 Å². The zero-order valence-electron chi connectivity index (χ0n) is 8.42. The fraction of sp³-hybridized carbons (Fsp3) is 0. The molecule has 0 unspecified atom stereocenters. The molecule has 0 spiro atoms. The summed E-state index contributed by atoms with van der Waals surface area (Å²) in [5.74, 6) is -0.950. The number of aromatic nitrogens is 2. The van der Waals surface area contributed by atoms with Crippen molar-refractivity contribution in [1.29, 1.82) is 0 Å². The average molecular weight is 214 g/mol. The minimum atomic E-state index is -0.950. The molecule has 2 aromatic rings. The lowest BCUT2D eigenvalue weighted by Gasteiger charge is -1.92. The van der Waals surface area contributed by atoms with Gasteiger partial charge in [-0.15, -0.1) is 0 Å². The van der Waals surface area contributed by atoms with Crippen molar-refractivity contribution >= 4 is 23.1 Å². The molecule has 0 aliphatic carbocycles. The van der Waals surface area contributed by atoms with Gasteiger partial charge >= 0.3 is 5.97 Å². The molecule has 16 heavy (non-hydrogen) atoms. The zero-order chi connectivity index (χ0) is 11.4. The Morgan fingerprint density at radius 1 is 1.38 bits per heavy atom. The van der Waals surface area contributed by atoms with E-state index in [0.717, 1.165) is 22.7 Å². The van der Waals surface area contributed by atoms with Gasteiger partial charge in [-0.3, -0.25) is 0 Å². The standard InChI is InChI=1S/C12H10N2O2/c15-12(16)4-2-1-3-9-5-6-10-11(7-9)14-8-13-10/h1-8H,(H,13,14)(H,15,16)/b3-1+,4-2+. The number of carboxylic acid groups (broad SMARTS) is 1. The molecule has 0 saturated heterocycles. The smallest absolute Gasteiger partial charge is 0.328 e. The highest BCUT2D eigenvalue weighted by Crippen LogP contribution is 2.12. The number of rotatable bonds is 3. The maximum atomic E-state index is 10.2. The predicted molar refractivity (Wildman–Crippen MR) is 61.9 cm³/mol. The first-order valence-electron chi connectivity index (χ1n) is 4.76. The van der Waals surface area contributed by atoms with Gasteiger partial charge in [0.1, 0.15) is 0 Å². The Bertz CT molecular complexity index is 567. The summed E-state index contributed by atoms with van der Waals surface area (Å²) in [5, 5.41) is 8.39. The van der Waals surface area contributed by atoms with Crippen molar-refractivity contribution < 1.29 is 9.90 Å². The second-order valence-corrected chi connectivity index (χ2v) is 3.24. The van der Waals surface area contributed by atoms with Gasteiger partial charge in [0.15, 0.2) is 0 Å². The average Bonchev–Trinajstić information content (AvgIpc) is 2.71. The second kappa shape index (κ2) is 4.44. The summed E-state index contributed by atoms with van der Waals surface area (Å²) in [5.41, 5.74) is 2.87. The molecule has 0 fully saturated rings. The highest BCUT2D eigenvalue weighted by molar-refractivity contribution is 5.81. The van der Waals surface area contributed by atoms with E-state index in [4.69, 9.17) is 5.11 Å². The number of aromatic amines is 1. The van der Waals surface area contributed by atoms with Gasteiger partial charge in [-0.1, -0.05) is 24.3 Å². The van der Waals surface area contributed by atoms with Crippen LogP contribution in [-0.4, -0.2) is 21.0 Å². The van der Waals surface area contributed by atoms with Crippen molar-refractivity contribution in [1.82, 2.24) is 9.97 Å². The Hall–Kier alpha value is -2.36. The van der Waals surface area contributed by atoms with E-state index in [9.17, 15) is 4.79 Å². The highest BCUT2D eigenvalue weighted by Gasteiger charge is 1.94. The largest absolute Gasteiger partial charge is 0.478 e. The van der Waals surface area contributed by atoms with Crippen LogP contribution in [0.3, 0.4) is 0 Å². The molecule has 0 saturated carbocycles. The van der Waals surface area contributed by atoms with Gasteiger partial charge in [0.05, 0.1) is 17.4 Å². The van der Waals surface area contributed by atoms with Gasteiger partial charge in [-0.2, -0.15) is 0 Å². The van der Waals surface area contributed by atoms with Crippen molar-refractivity contribution in [2.75, 3.05) is 0 Å². The van der Waals surface area contributed by atoms with E-state index >= 15 is 0 Å². The van der Waals surface area contributed by atoms with E-state index in [-0.39, 0.29) is 0 Å². The van der Waals surface area contributed by atoms with Gasteiger partial charge in [0.25, 0.3) is 0 Å². The number of hydrogen-bond acceptors (Lipinski definition) is 2. The van der Waals surface area contributed by atoms with Gasteiger partial charge in [-0.05, 0) is 17.7 Å². The molecule has 1 heterocycles. The lowest BCUT2D eigenvalue weighted by atomic mass is 10.2. The van der Waals surface area contributed by atoms with Crippen LogP contribution in [0.2, 0.25) is 0 Å². The molecule has 0 atom stereocenters. The zero-order valence-corrected chi connectivity index (χ0v) is 8.42. The maximum Gasteiger partial charge on any atom is 0.328 e. The summed E-state index contributed by atoms with van der Waals surface area (Å²) in [6.45, 7) is 0. The lowest BCUT2D eigenvalue weighted by molar-refractivity contribution is -0.131. The summed E-state index contributed by atoms with van der Waals surface area (Å²) in [6, 6.07) is 5.79. The molecule has 0 radical (unpaired) electrons. The second-order valence-electron chi connectivity index (χ2n) is 3.24. The first kappa shape index (κ1) is 10.2. The molecule has 0 amide bonds. The maximum absolute atomic E-state index is 10.2. The molecule has 2 N–H and O–H groups in total. The molecule has 2 rings (SSSR count). The third-order valence-electron chi connectivity index (χ3n) is 2.08. The van der Waals surface area contributed by atoms with Crippen LogP contribution in [0.25, 0.3) is 17.1 Å². The van der Waals surface area contributed by atoms with Crippen LogP contribution < -0.4 is 0 Å². The number of carbonyl (C=O) groups is 1. The number of allylic oxidation sites excluding steroid dienone is 2. The quantitative estimate of drug-likeness (QED) is 0.608. The fourth-order valence-electron chi connectivity index (χ4n) is 1.36. The number of imidazole rings is 1. The SMILES string of the molecule is O=C(O)/C=C/C=C/c1ccc2nc[nH]c2c1. The van der Waals surface area contributed by atoms with Crippen LogP contribution in [0.4, 0.5) is 0 Å².